The molecule has 1 fully saturated rings. The summed E-state index contributed by atoms with van der Waals surface area (Å²) in [6.07, 6.45) is 7.14. The lowest BCUT2D eigenvalue weighted by molar-refractivity contribution is -0.142. The number of likely N-dealkylation sites (N-methyl/N-ethyl adjacent to an activating group) is 1. The Morgan fingerprint density at radius 2 is 1.67 bits per heavy atom. The third-order valence-corrected chi connectivity index (χ3v) is 7.71. The van der Waals surface area contributed by atoms with E-state index in [4.69, 9.17) is 11.5 Å². The number of nitrogens with zero attached hydrogens (tertiary/aromatic N) is 2. The van der Waals surface area contributed by atoms with Crippen LogP contribution in [0.1, 0.15) is 58.9 Å². The number of carbonyl (C=O) groups is 3. The van der Waals surface area contributed by atoms with E-state index in [-0.39, 0.29) is 24.0 Å². The lowest BCUT2D eigenvalue weighted by Crippen LogP contribution is -2.63. The van der Waals surface area contributed by atoms with Crippen molar-refractivity contribution in [3.8, 4) is 0 Å². The molecule has 2 amide bonds. The molecule has 2 aromatic carbocycles. The maximum Gasteiger partial charge on any atom is 0.246 e. The van der Waals surface area contributed by atoms with Gasteiger partial charge < -0.3 is 16.4 Å². The second-order valence-corrected chi connectivity index (χ2v) is 11.8. The first-order valence-corrected chi connectivity index (χ1v) is 13.9. The largest absolute Gasteiger partial charge is 0.332 e. The van der Waals surface area contributed by atoms with Gasteiger partial charge >= 0.3 is 0 Å². The SMILES string of the molecule is C[C@H](C(=O)NN1CCCCC1)C(C)(N)C(=O)[C@@H](Cc1ccc2ccccc2c1)N(C)C(=O)/C=C/CC(C)(C)N. The summed E-state index contributed by atoms with van der Waals surface area (Å²) in [6.45, 7) is 8.59. The molecule has 3 atom stereocenters. The molecular weight excluding hydrogens is 490 g/mol. The molecule has 3 rings (SSSR count). The molecule has 0 spiro atoms. The van der Waals surface area contributed by atoms with Gasteiger partial charge in [0, 0.05) is 32.1 Å². The van der Waals surface area contributed by atoms with Crippen molar-refractivity contribution in [2.75, 3.05) is 20.1 Å². The molecule has 0 aliphatic carbocycles. The average molecular weight is 536 g/mol. The van der Waals surface area contributed by atoms with Gasteiger partial charge in [0.15, 0.2) is 5.78 Å². The minimum Gasteiger partial charge on any atom is -0.332 e. The van der Waals surface area contributed by atoms with Gasteiger partial charge in [-0.15, -0.1) is 0 Å². The van der Waals surface area contributed by atoms with E-state index in [1.165, 1.54) is 11.0 Å². The fourth-order valence-corrected chi connectivity index (χ4v) is 4.83. The van der Waals surface area contributed by atoms with E-state index in [1.54, 1.807) is 27.0 Å². The van der Waals surface area contributed by atoms with Crippen LogP contribution in [-0.4, -0.2) is 64.8 Å². The molecule has 1 aliphatic heterocycles. The minimum absolute atomic E-state index is 0.273. The Balaban J connectivity index is 1.86. The lowest BCUT2D eigenvalue weighted by atomic mass is 9.79. The van der Waals surface area contributed by atoms with Gasteiger partial charge in [0.05, 0.1) is 17.5 Å². The molecule has 5 N–H and O–H groups in total. The van der Waals surface area contributed by atoms with Crippen molar-refractivity contribution in [2.45, 2.75) is 76.9 Å². The van der Waals surface area contributed by atoms with Gasteiger partial charge in [-0.3, -0.25) is 19.8 Å². The van der Waals surface area contributed by atoms with Crippen molar-refractivity contribution in [3.63, 3.8) is 0 Å². The van der Waals surface area contributed by atoms with Crippen molar-refractivity contribution in [1.82, 2.24) is 15.3 Å². The minimum atomic E-state index is -1.50. The molecule has 0 radical (unpaired) electrons. The Hall–Kier alpha value is -3.07. The molecular formula is C31H45N5O3. The second kappa shape index (κ2) is 12.9. The van der Waals surface area contributed by atoms with Crippen molar-refractivity contribution in [3.05, 3.63) is 60.2 Å². The normalized spacial score (nSPS) is 17.9. The molecule has 0 bridgehead atoms. The third-order valence-electron chi connectivity index (χ3n) is 7.71. The Morgan fingerprint density at radius 3 is 2.31 bits per heavy atom. The molecule has 1 aliphatic rings. The fraction of sp³-hybridized carbons (Fsp3) is 0.516. The van der Waals surface area contributed by atoms with Gasteiger partial charge in [-0.25, -0.2) is 5.01 Å². The number of ketones is 1. The summed E-state index contributed by atoms with van der Waals surface area (Å²) in [5.41, 5.74) is 14.6. The van der Waals surface area contributed by atoms with Crippen LogP contribution < -0.4 is 16.9 Å². The molecule has 0 aromatic heterocycles. The molecule has 0 saturated carbocycles. The quantitative estimate of drug-likeness (QED) is 0.380. The van der Waals surface area contributed by atoms with Crippen LogP contribution in [0.2, 0.25) is 0 Å². The molecule has 1 saturated heterocycles. The van der Waals surface area contributed by atoms with Crippen LogP contribution in [0.15, 0.2) is 54.6 Å². The zero-order valence-electron chi connectivity index (χ0n) is 24.1. The Bertz CT molecular complexity index is 1190. The summed E-state index contributed by atoms with van der Waals surface area (Å²) in [5.74, 6) is -1.78. The molecule has 8 heteroatoms. The number of nitrogens with one attached hydrogen (secondary N) is 1. The highest BCUT2D eigenvalue weighted by molar-refractivity contribution is 6.00. The van der Waals surface area contributed by atoms with Crippen molar-refractivity contribution < 1.29 is 14.4 Å². The third kappa shape index (κ3) is 8.21. The van der Waals surface area contributed by atoms with E-state index in [0.29, 0.717) is 6.42 Å². The van der Waals surface area contributed by atoms with Gasteiger partial charge in [-0.05, 0) is 62.4 Å². The first kappa shape index (κ1) is 30.5. The van der Waals surface area contributed by atoms with Crippen LogP contribution in [0, 0.1) is 5.92 Å². The topological polar surface area (TPSA) is 122 Å². The number of hydrogen-bond donors (Lipinski definition) is 3. The number of carbonyl (C=O) groups excluding carboxylic acids is 3. The number of hydrogen-bond acceptors (Lipinski definition) is 6. The van der Waals surface area contributed by atoms with E-state index in [0.717, 1.165) is 48.7 Å². The van der Waals surface area contributed by atoms with E-state index < -0.39 is 23.0 Å². The first-order chi connectivity index (χ1) is 18.3. The van der Waals surface area contributed by atoms with Gasteiger partial charge in [0.1, 0.15) is 0 Å². The highest BCUT2D eigenvalue weighted by Gasteiger charge is 2.44. The predicted molar refractivity (Wildman–Crippen MR) is 157 cm³/mol. The molecule has 1 heterocycles. The summed E-state index contributed by atoms with van der Waals surface area (Å²) >= 11 is 0. The standard InChI is InChI=1S/C31H45N5O3/c1-22(29(39)34-36-18-9-6-10-19-36)31(4,33)28(38)26(35(5)27(37)14-11-17-30(2,3)32)21-23-15-16-24-12-7-8-13-25(24)20-23/h7-8,11-16,20,22,26H,6,9-10,17-19,21,32-33H2,1-5H3,(H,34,39)/b14-11+/t22-,26-,31?/m1/s1. The summed E-state index contributed by atoms with van der Waals surface area (Å²) in [4.78, 5) is 41.9. The monoisotopic (exact) mass is 535 g/mol. The van der Waals surface area contributed by atoms with E-state index in [2.05, 4.69) is 5.43 Å². The van der Waals surface area contributed by atoms with Gasteiger partial charge in [0.2, 0.25) is 11.8 Å². The summed E-state index contributed by atoms with van der Waals surface area (Å²) in [5, 5.41) is 4.03. The van der Waals surface area contributed by atoms with Crippen molar-refractivity contribution in [1.29, 1.82) is 0 Å². The number of nitrogens with two attached hydrogens (primary N) is 2. The second-order valence-electron chi connectivity index (χ2n) is 11.8. The maximum atomic E-state index is 14.1. The number of piperidine rings is 1. The van der Waals surface area contributed by atoms with Gasteiger partial charge in [-0.1, -0.05) is 61.9 Å². The highest BCUT2D eigenvalue weighted by atomic mass is 16.2. The van der Waals surface area contributed by atoms with E-state index in [1.807, 2.05) is 61.3 Å². The smallest absolute Gasteiger partial charge is 0.246 e. The molecule has 2 aromatic rings. The van der Waals surface area contributed by atoms with E-state index >= 15 is 0 Å². The summed E-state index contributed by atoms with van der Waals surface area (Å²) in [6, 6.07) is 13.1. The Labute approximate surface area is 232 Å². The van der Waals surface area contributed by atoms with Crippen LogP contribution >= 0.6 is 0 Å². The maximum absolute atomic E-state index is 14.1. The fourth-order valence-electron chi connectivity index (χ4n) is 4.83. The van der Waals surface area contributed by atoms with Gasteiger partial charge in [-0.2, -0.15) is 0 Å². The lowest BCUT2D eigenvalue weighted by Gasteiger charge is -2.37. The van der Waals surface area contributed by atoms with Gasteiger partial charge in [0.25, 0.3) is 0 Å². The number of amides is 2. The zero-order chi connectivity index (χ0) is 28.8. The molecule has 39 heavy (non-hydrogen) atoms. The highest BCUT2D eigenvalue weighted by Crippen LogP contribution is 2.24. The number of Topliss-reactive ketones (excluding diaryl/α,β-unsaturated/α-hetero) is 1. The van der Waals surface area contributed by atoms with Crippen molar-refractivity contribution in [2.24, 2.45) is 17.4 Å². The van der Waals surface area contributed by atoms with Crippen molar-refractivity contribution >= 4 is 28.4 Å². The molecule has 8 nitrogen and oxygen atoms in total. The summed E-state index contributed by atoms with van der Waals surface area (Å²) < 4.78 is 0. The number of hydrazine groups is 1. The number of fused-ring (bicyclic) bond motifs is 1. The number of benzene rings is 2. The predicted octanol–water partition coefficient (Wildman–Crippen LogP) is 3.33. The molecule has 1 unspecified atom stereocenters. The van der Waals surface area contributed by atoms with Crippen LogP contribution in [0.5, 0.6) is 0 Å². The molecule has 212 valence electrons. The summed E-state index contributed by atoms with van der Waals surface area (Å²) in [7, 11) is 1.61. The van der Waals surface area contributed by atoms with E-state index in [9.17, 15) is 14.4 Å². The Morgan fingerprint density at radius 1 is 1.03 bits per heavy atom. The van der Waals surface area contributed by atoms with Crippen LogP contribution in [0.25, 0.3) is 10.8 Å². The van der Waals surface area contributed by atoms with Crippen LogP contribution in [0.4, 0.5) is 0 Å². The average Bonchev–Trinajstić information content (AvgIpc) is 2.90. The first-order valence-electron chi connectivity index (χ1n) is 13.9. The van der Waals surface area contributed by atoms with Crippen LogP contribution in [0.3, 0.4) is 0 Å². The number of rotatable bonds is 11. The zero-order valence-corrected chi connectivity index (χ0v) is 24.1. The Kier molecular flexibility index (Phi) is 10.0. The van der Waals surface area contributed by atoms with Crippen LogP contribution in [-0.2, 0) is 20.8 Å².